The van der Waals surface area contributed by atoms with E-state index in [0.29, 0.717) is 16.3 Å². The second kappa shape index (κ2) is 2.75. The highest BCUT2D eigenvalue weighted by Crippen LogP contribution is 2.33. The van der Waals surface area contributed by atoms with E-state index in [1.165, 1.54) is 0 Å². The summed E-state index contributed by atoms with van der Waals surface area (Å²) in [5, 5.41) is 0.559. The van der Waals surface area contributed by atoms with Crippen LogP contribution in [0, 0.1) is 0 Å². The molecule has 0 spiro atoms. The summed E-state index contributed by atoms with van der Waals surface area (Å²) in [7, 11) is 0. The van der Waals surface area contributed by atoms with Crippen LogP contribution in [0.5, 0.6) is 5.75 Å². The molecule has 0 aliphatic carbocycles. The van der Waals surface area contributed by atoms with Crippen LogP contribution in [-0.4, -0.2) is 12.4 Å². The number of carbonyl (C=O) groups excluding carboxylic acids is 1. The monoisotopic (exact) mass is 246 g/mol. The number of benzene rings is 1. The normalized spacial score (nSPS) is 14.3. The predicted octanol–water partition coefficient (Wildman–Crippen LogP) is 2.68. The number of ether oxygens (including phenoxy) is 1. The fraction of sp³-hybridized carbons (Fsp3) is 0.125. The molecule has 0 amide bonds. The van der Waals surface area contributed by atoms with Crippen molar-refractivity contribution in [1.82, 2.24) is 0 Å². The topological polar surface area (TPSA) is 26.3 Å². The number of carbonyl (C=O) groups is 1. The Bertz CT molecular complexity index is 362. The van der Waals surface area contributed by atoms with Crippen molar-refractivity contribution in [1.29, 1.82) is 0 Å². The Labute approximate surface area is 82.6 Å². The van der Waals surface area contributed by atoms with E-state index in [1.807, 2.05) is 0 Å². The van der Waals surface area contributed by atoms with Crippen LogP contribution < -0.4 is 4.74 Å². The molecule has 0 N–H and O–H groups in total. The molecular weight excluding hydrogens is 243 g/mol. The first-order valence-corrected chi connectivity index (χ1v) is 4.50. The highest BCUT2D eigenvalue weighted by Gasteiger charge is 2.22. The van der Waals surface area contributed by atoms with Crippen LogP contribution in [0.3, 0.4) is 0 Å². The fourth-order valence-corrected chi connectivity index (χ4v) is 1.58. The van der Waals surface area contributed by atoms with Crippen molar-refractivity contribution in [3.63, 3.8) is 0 Å². The molecule has 0 radical (unpaired) electrons. The maximum Gasteiger partial charge on any atom is 0.203 e. The first-order chi connectivity index (χ1) is 5.68. The molecule has 0 saturated heterocycles. The molecule has 0 atom stereocenters. The highest BCUT2D eigenvalue weighted by molar-refractivity contribution is 9.10. The first kappa shape index (κ1) is 8.08. The van der Waals surface area contributed by atoms with E-state index in [1.54, 1.807) is 12.1 Å². The molecule has 4 heteroatoms. The summed E-state index contributed by atoms with van der Waals surface area (Å²) in [4.78, 5) is 11.1. The SMILES string of the molecule is O=C1COc2cc(Cl)c(Br)cc21. The Morgan fingerprint density at radius 1 is 1.50 bits per heavy atom. The molecule has 0 bridgehead atoms. The summed E-state index contributed by atoms with van der Waals surface area (Å²) < 4.78 is 5.82. The summed E-state index contributed by atoms with van der Waals surface area (Å²) in [6.07, 6.45) is 0. The lowest BCUT2D eigenvalue weighted by atomic mass is 10.1. The molecule has 2 nitrogen and oxygen atoms in total. The lowest BCUT2D eigenvalue weighted by molar-refractivity contribution is 0.0961. The molecule has 0 unspecified atom stereocenters. The second-order valence-corrected chi connectivity index (χ2v) is 3.74. The molecule has 1 heterocycles. The van der Waals surface area contributed by atoms with Crippen molar-refractivity contribution in [2.24, 2.45) is 0 Å². The number of rotatable bonds is 0. The standard InChI is InChI=1S/C8H4BrClO2/c9-5-1-4-7(11)3-12-8(4)2-6(5)10/h1-2H,3H2. The van der Waals surface area contributed by atoms with Gasteiger partial charge in [0.05, 0.1) is 10.6 Å². The van der Waals surface area contributed by atoms with Gasteiger partial charge in [-0.1, -0.05) is 11.6 Å². The maximum atomic E-state index is 11.1. The Kier molecular flexibility index (Phi) is 1.85. The van der Waals surface area contributed by atoms with Crippen molar-refractivity contribution in [3.8, 4) is 5.75 Å². The van der Waals surface area contributed by atoms with Gasteiger partial charge in [-0.2, -0.15) is 0 Å². The molecule has 2 rings (SSSR count). The lowest BCUT2D eigenvalue weighted by Crippen LogP contribution is -1.98. The van der Waals surface area contributed by atoms with E-state index >= 15 is 0 Å². The Balaban J connectivity index is 2.63. The van der Waals surface area contributed by atoms with Gasteiger partial charge in [0.2, 0.25) is 5.78 Å². The predicted molar refractivity (Wildman–Crippen MR) is 49.0 cm³/mol. The fourth-order valence-electron chi connectivity index (χ4n) is 1.09. The van der Waals surface area contributed by atoms with Gasteiger partial charge in [0.15, 0.2) is 6.61 Å². The van der Waals surface area contributed by atoms with Gasteiger partial charge in [0.1, 0.15) is 5.75 Å². The number of halogens is 2. The minimum Gasteiger partial charge on any atom is -0.485 e. The van der Waals surface area contributed by atoms with Crippen LogP contribution in [0.2, 0.25) is 5.02 Å². The van der Waals surface area contributed by atoms with E-state index in [-0.39, 0.29) is 12.4 Å². The van der Waals surface area contributed by atoms with E-state index in [2.05, 4.69) is 15.9 Å². The van der Waals surface area contributed by atoms with Crippen molar-refractivity contribution >= 4 is 33.3 Å². The molecule has 1 aromatic carbocycles. The average molecular weight is 247 g/mol. The summed E-state index contributed by atoms with van der Waals surface area (Å²) in [6, 6.07) is 3.33. The molecule has 1 aromatic rings. The molecule has 62 valence electrons. The molecular formula is C8H4BrClO2. The summed E-state index contributed by atoms with van der Waals surface area (Å²) in [5.74, 6) is 0.579. The van der Waals surface area contributed by atoms with Gasteiger partial charge in [-0.15, -0.1) is 0 Å². The summed E-state index contributed by atoms with van der Waals surface area (Å²) in [6.45, 7) is 0.127. The lowest BCUT2D eigenvalue weighted by Gasteiger charge is -1.99. The van der Waals surface area contributed by atoms with Crippen LogP contribution in [0.15, 0.2) is 16.6 Å². The van der Waals surface area contributed by atoms with Crippen molar-refractivity contribution < 1.29 is 9.53 Å². The number of ketones is 1. The average Bonchev–Trinajstić information content (AvgIpc) is 2.35. The van der Waals surface area contributed by atoms with Crippen molar-refractivity contribution in [2.45, 2.75) is 0 Å². The first-order valence-electron chi connectivity index (χ1n) is 3.33. The third-order valence-corrected chi connectivity index (χ3v) is 2.88. The van der Waals surface area contributed by atoms with Gasteiger partial charge in [0.25, 0.3) is 0 Å². The zero-order valence-corrected chi connectivity index (χ0v) is 8.28. The van der Waals surface area contributed by atoms with Crippen LogP contribution in [0.1, 0.15) is 10.4 Å². The van der Waals surface area contributed by atoms with Gasteiger partial charge in [-0.05, 0) is 22.0 Å². The van der Waals surface area contributed by atoms with E-state index in [9.17, 15) is 4.79 Å². The van der Waals surface area contributed by atoms with E-state index in [4.69, 9.17) is 16.3 Å². The molecule has 1 aliphatic rings. The number of fused-ring (bicyclic) bond motifs is 1. The maximum absolute atomic E-state index is 11.1. The molecule has 0 saturated carbocycles. The highest BCUT2D eigenvalue weighted by atomic mass is 79.9. The van der Waals surface area contributed by atoms with E-state index < -0.39 is 0 Å². The zero-order valence-electron chi connectivity index (χ0n) is 5.93. The minimum atomic E-state index is 0.00219. The smallest absolute Gasteiger partial charge is 0.203 e. The minimum absolute atomic E-state index is 0.00219. The van der Waals surface area contributed by atoms with E-state index in [0.717, 1.165) is 4.47 Å². The summed E-state index contributed by atoms with van der Waals surface area (Å²) in [5.41, 5.74) is 0.603. The Morgan fingerprint density at radius 3 is 3.00 bits per heavy atom. The Morgan fingerprint density at radius 2 is 2.25 bits per heavy atom. The number of hydrogen-bond donors (Lipinski definition) is 0. The summed E-state index contributed by atoms with van der Waals surface area (Å²) >= 11 is 9.04. The number of Topliss-reactive ketones (excluding diaryl/α,β-unsaturated/α-hetero) is 1. The van der Waals surface area contributed by atoms with Gasteiger partial charge in [-0.25, -0.2) is 0 Å². The molecule has 0 fully saturated rings. The zero-order chi connectivity index (χ0) is 8.72. The van der Waals surface area contributed by atoms with Gasteiger partial charge < -0.3 is 4.74 Å². The Hall–Kier alpha value is -0.540. The van der Waals surface area contributed by atoms with Gasteiger partial charge >= 0.3 is 0 Å². The van der Waals surface area contributed by atoms with Crippen molar-refractivity contribution in [3.05, 3.63) is 27.2 Å². The third kappa shape index (κ3) is 1.13. The number of hydrogen-bond acceptors (Lipinski definition) is 2. The van der Waals surface area contributed by atoms with Crippen molar-refractivity contribution in [2.75, 3.05) is 6.61 Å². The van der Waals surface area contributed by atoms with Crippen LogP contribution >= 0.6 is 27.5 Å². The van der Waals surface area contributed by atoms with Crippen LogP contribution in [-0.2, 0) is 0 Å². The molecule has 0 aromatic heterocycles. The molecule has 1 aliphatic heterocycles. The van der Waals surface area contributed by atoms with Crippen LogP contribution in [0.25, 0.3) is 0 Å². The second-order valence-electron chi connectivity index (χ2n) is 2.47. The third-order valence-electron chi connectivity index (χ3n) is 1.68. The largest absolute Gasteiger partial charge is 0.485 e. The van der Waals surface area contributed by atoms with Gasteiger partial charge in [0, 0.05) is 10.5 Å². The van der Waals surface area contributed by atoms with Gasteiger partial charge in [-0.3, -0.25) is 4.79 Å². The van der Waals surface area contributed by atoms with Crippen LogP contribution in [0.4, 0.5) is 0 Å². The quantitative estimate of drug-likeness (QED) is 0.704. The molecule has 12 heavy (non-hydrogen) atoms.